The summed E-state index contributed by atoms with van der Waals surface area (Å²) in [5.74, 6) is 0. The second kappa shape index (κ2) is 6.82. The zero-order valence-corrected chi connectivity index (χ0v) is 13.7. The van der Waals surface area contributed by atoms with Gasteiger partial charge in [-0.15, -0.1) is 0 Å². The van der Waals surface area contributed by atoms with Gasteiger partial charge in [-0.2, -0.15) is 0 Å². The molecule has 1 unspecified atom stereocenters. The van der Waals surface area contributed by atoms with E-state index in [4.69, 9.17) is 34.8 Å². The Morgan fingerprint density at radius 2 is 1.65 bits per heavy atom. The molecule has 1 nitrogen and oxygen atoms in total. The number of halogens is 3. The largest absolute Gasteiger partial charge is 0.313 e. The van der Waals surface area contributed by atoms with Crippen LogP contribution in [0.15, 0.2) is 36.4 Å². The fraction of sp³-hybridized carbons (Fsp3) is 0.250. The van der Waals surface area contributed by atoms with Gasteiger partial charge < -0.3 is 5.32 Å². The molecule has 0 saturated carbocycles. The van der Waals surface area contributed by atoms with Crippen LogP contribution in [0, 0.1) is 6.92 Å². The lowest BCUT2D eigenvalue weighted by Crippen LogP contribution is -2.19. The van der Waals surface area contributed by atoms with Crippen LogP contribution < -0.4 is 5.32 Å². The minimum Gasteiger partial charge on any atom is -0.313 e. The Kier molecular flexibility index (Phi) is 5.34. The maximum atomic E-state index is 6.30. The molecule has 1 N–H and O–H groups in total. The normalized spacial score (nSPS) is 12.4. The van der Waals surface area contributed by atoms with Gasteiger partial charge in [0.25, 0.3) is 0 Å². The molecule has 2 rings (SSSR count). The molecule has 0 saturated heterocycles. The van der Waals surface area contributed by atoms with Crippen molar-refractivity contribution in [3.8, 4) is 0 Å². The lowest BCUT2D eigenvalue weighted by atomic mass is 9.98. The summed E-state index contributed by atoms with van der Waals surface area (Å²) >= 11 is 18.4. The number of hydrogen-bond acceptors (Lipinski definition) is 1. The number of hydrogen-bond donors (Lipinski definition) is 1. The van der Waals surface area contributed by atoms with Crippen molar-refractivity contribution in [2.75, 3.05) is 7.05 Å². The van der Waals surface area contributed by atoms with Crippen molar-refractivity contribution in [3.63, 3.8) is 0 Å². The highest BCUT2D eigenvalue weighted by molar-refractivity contribution is 6.34. The zero-order chi connectivity index (χ0) is 14.7. The molecule has 2 aromatic carbocycles. The summed E-state index contributed by atoms with van der Waals surface area (Å²) in [5.41, 5.74) is 3.32. The standard InChI is InChI=1S/C16H16Cl3N/c1-10-3-4-11(15(19)5-10)8-16(20-2)12-6-13(17)9-14(18)7-12/h3-7,9,16,20H,8H2,1-2H3. The molecule has 0 aliphatic rings. The molecule has 0 radical (unpaired) electrons. The molecule has 0 spiro atoms. The van der Waals surface area contributed by atoms with Gasteiger partial charge in [0.15, 0.2) is 0 Å². The lowest BCUT2D eigenvalue weighted by Gasteiger charge is -2.18. The third kappa shape index (κ3) is 3.89. The van der Waals surface area contributed by atoms with Gasteiger partial charge >= 0.3 is 0 Å². The van der Waals surface area contributed by atoms with Crippen LogP contribution in [0.5, 0.6) is 0 Å². The zero-order valence-electron chi connectivity index (χ0n) is 11.4. The number of benzene rings is 2. The third-order valence-corrected chi connectivity index (χ3v) is 4.06. The molecular weight excluding hydrogens is 313 g/mol. The monoisotopic (exact) mass is 327 g/mol. The molecule has 106 valence electrons. The number of aryl methyl sites for hydroxylation is 1. The van der Waals surface area contributed by atoms with Gasteiger partial charge in [-0.05, 0) is 61.3 Å². The van der Waals surface area contributed by atoms with E-state index in [0.29, 0.717) is 10.0 Å². The van der Waals surface area contributed by atoms with E-state index >= 15 is 0 Å². The Morgan fingerprint density at radius 3 is 2.20 bits per heavy atom. The van der Waals surface area contributed by atoms with Gasteiger partial charge in [0, 0.05) is 21.1 Å². The number of rotatable bonds is 4. The Morgan fingerprint density at radius 1 is 1.00 bits per heavy atom. The summed E-state index contributed by atoms with van der Waals surface area (Å²) in [6, 6.07) is 11.8. The summed E-state index contributed by atoms with van der Waals surface area (Å²) < 4.78 is 0. The van der Waals surface area contributed by atoms with Crippen molar-refractivity contribution < 1.29 is 0 Å². The first-order valence-electron chi connectivity index (χ1n) is 6.38. The van der Waals surface area contributed by atoms with Crippen LogP contribution in [0.4, 0.5) is 0 Å². The minimum absolute atomic E-state index is 0.117. The highest BCUT2D eigenvalue weighted by Gasteiger charge is 2.13. The molecule has 2 aromatic rings. The molecule has 0 heterocycles. The summed E-state index contributed by atoms with van der Waals surface area (Å²) in [4.78, 5) is 0. The SMILES string of the molecule is CNC(Cc1ccc(C)cc1Cl)c1cc(Cl)cc(Cl)c1. The van der Waals surface area contributed by atoms with Crippen LogP contribution in [0.2, 0.25) is 15.1 Å². The third-order valence-electron chi connectivity index (χ3n) is 3.27. The van der Waals surface area contributed by atoms with Crippen LogP contribution in [0.3, 0.4) is 0 Å². The second-order valence-corrected chi connectivity index (χ2v) is 6.12. The predicted octanol–water partition coefficient (Wildman–Crippen LogP) is 5.46. The van der Waals surface area contributed by atoms with Crippen molar-refractivity contribution in [3.05, 3.63) is 68.2 Å². The molecule has 0 aliphatic carbocycles. The maximum Gasteiger partial charge on any atom is 0.0441 e. The highest BCUT2D eigenvalue weighted by atomic mass is 35.5. The summed E-state index contributed by atoms with van der Waals surface area (Å²) in [7, 11) is 1.92. The Balaban J connectivity index is 2.28. The molecular formula is C16H16Cl3N. The average molecular weight is 329 g/mol. The molecule has 20 heavy (non-hydrogen) atoms. The molecule has 0 bridgehead atoms. The van der Waals surface area contributed by atoms with Crippen LogP contribution >= 0.6 is 34.8 Å². The Labute approximate surface area is 134 Å². The molecule has 0 aromatic heterocycles. The molecule has 0 amide bonds. The summed E-state index contributed by atoms with van der Waals surface area (Å²) in [6.07, 6.45) is 0.784. The van der Waals surface area contributed by atoms with Gasteiger partial charge in [0.1, 0.15) is 0 Å². The first-order chi connectivity index (χ1) is 9.49. The van der Waals surface area contributed by atoms with Gasteiger partial charge in [-0.3, -0.25) is 0 Å². The predicted molar refractivity (Wildman–Crippen MR) is 88.2 cm³/mol. The van der Waals surface area contributed by atoms with Crippen LogP contribution in [-0.2, 0) is 6.42 Å². The average Bonchev–Trinajstić information content (AvgIpc) is 2.36. The van der Waals surface area contributed by atoms with Crippen molar-refractivity contribution in [2.24, 2.45) is 0 Å². The van der Waals surface area contributed by atoms with E-state index in [1.165, 1.54) is 0 Å². The lowest BCUT2D eigenvalue weighted by molar-refractivity contribution is 0.592. The van der Waals surface area contributed by atoms with Crippen molar-refractivity contribution in [1.82, 2.24) is 5.32 Å². The van der Waals surface area contributed by atoms with E-state index in [2.05, 4.69) is 17.4 Å². The van der Waals surface area contributed by atoms with Crippen LogP contribution in [-0.4, -0.2) is 7.05 Å². The highest BCUT2D eigenvalue weighted by Crippen LogP contribution is 2.28. The van der Waals surface area contributed by atoms with Gasteiger partial charge in [0.2, 0.25) is 0 Å². The molecule has 1 atom stereocenters. The number of nitrogens with one attached hydrogen (secondary N) is 1. The van der Waals surface area contributed by atoms with Crippen molar-refractivity contribution in [2.45, 2.75) is 19.4 Å². The van der Waals surface area contributed by atoms with E-state index in [1.54, 1.807) is 6.07 Å². The van der Waals surface area contributed by atoms with Crippen molar-refractivity contribution in [1.29, 1.82) is 0 Å². The van der Waals surface area contributed by atoms with Crippen molar-refractivity contribution >= 4 is 34.8 Å². The Bertz CT molecular complexity index is 590. The first-order valence-corrected chi connectivity index (χ1v) is 7.51. The van der Waals surface area contributed by atoms with E-state index in [0.717, 1.165) is 28.1 Å². The van der Waals surface area contributed by atoms with E-state index in [1.807, 2.05) is 32.2 Å². The minimum atomic E-state index is 0.117. The first kappa shape index (κ1) is 15.7. The van der Waals surface area contributed by atoms with Crippen LogP contribution in [0.1, 0.15) is 22.7 Å². The fourth-order valence-corrected chi connectivity index (χ4v) is 3.06. The van der Waals surface area contributed by atoms with Gasteiger partial charge in [-0.1, -0.05) is 46.9 Å². The van der Waals surface area contributed by atoms with Gasteiger partial charge in [-0.25, -0.2) is 0 Å². The molecule has 4 heteroatoms. The second-order valence-electron chi connectivity index (χ2n) is 4.84. The molecule has 0 fully saturated rings. The quantitative estimate of drug-likeness (QED) is 0.786. The molecule has 0 aliphatic heterocycles. The summed E-state index contributed by atoms with van der Waals surface area (Å²) in [5, 5.41) is 5.36. The van der Waals surface area contributed by atoms with E-state index in [9.17, 15) is 0 Å². The van der Waals surface area contributed by atoms with Gasteiger partial charge in [0.05, 0.1) is 0 Å². The summed E-state index contributed by atoms with van der Waals surface area (Å²) in [6.45, 7) is 2.03. The number of likely N-dealkylation sites (N-methyl/N-ethyl adjacent to an activating group) is 1. The van der Waals surface area contributed by atoms with E-state index in [-0.39, 0.29) is 6.04 Å². The topological polar surface area (TPSA) is 12.0 Å². The smallest absolute Gasteiger partial charge is 0.0441 e. The van der Waals surface area contributed by atoms with E-state index < -0.39 is 0 Å². The van der Waals surface area contributed by atoms with Crippen LogP contribution in [0.25, 0.3) is 0 Å². The maximum absolute atomic E-state index is 6.30. The Hall–Kier alpha value is -0.730. The fourth-order valence-electron chi connectivity index (χ4n) is 2.20.